The first kappa shape index (κ1) is 22.6. The summed E-state index contributed by atoms with van der Waals surface area (Å²) in [6, 6.07) is 18.3. The van der Waals surface area contributed by atoms with Crippen molar-refractivity contribution in [1.29, 1.82) is 0 Å². The molecular formula is C23H26N2O5S. The predicted molar refractivity (Wildman–Crippen MR) is 117 cm³/mol. The topological polar surface area (TPSA) is 88.9 Å². The van der Waals surface area contributed by atoms with Gasteiger partial charge in [0.25, 0.3) is 0 Å². The van der Waals surface area contributed by atoms with Gasteiger partial charge in [0.1, 0.15) is 11.5 Å². The van der Waals surface area contributed by atoms with Crippen molar-refractivity contribution in [2.24, 2.45) is 0 Å². The van der Waals surface area contributed by atoms with E-state index in [0.29, 0.717) is 18.1 Å². The molecule has 0 radical (unpaired) electrons. The molecule has 1 unspecified atom stereocenters. The highest BCUT2D eigenvalue weighted by atomic mass is 32.2. The van der Waals surface area contributed by atoms with Crippen molar-refractivity contribution in [3.8, 4) is 5.75 Å². The molecule has 164 valence electrons. The Labute approximate surface area is 182 Å². The fourth-order valence-corrected chi connectivity index (χ4v) is 4.71. The van der Waals surface area contributed by atoms with Crippen LogP contribution in [0.3, 0.4) is 0 Å². The molecule has 1 atom stereocenters. The van der Waals surface area contributed by atoms with Crippen LogP contribution in [0.1, 0.15) is 31.2 Å². The molecule has 0 aliphatic rings. The van der Waals surface area contributed by atoms with E-state index in [0.717, 1.165) is 5.56 Å². The van der Waals surface area contributed by atoms with Crippen LogP contribution >= 0.6 is 0 Å². The summed E-state index contributed by atoms with van der Waals surface area (Å²) in [5.74, 6) is 0.749. The largest absolute Gasteiger partial charge is 0.494 e. The maximum absolute atomic E-state index is 13.5. The van der Waals surface area contributed by atoms with Gasteiger partial charge in [-0.05, 0) is 55.8 Å². The summed E-state index contributed by atoms with van der Waals surface area (Å²) in [5, 5.41) is 2.71. The Balaban J connectivity index is 1.85. The molecule has 2 aromatic carbocycles. The van der Waals surface area contributed by atoms with Crippen molar-refractivity contribution in [2.75, 3.05) is 13.2 Å². The smallest absolute Gasteiger partial charge is 0.244 e. The molecule has 0 spiro atoms. The van der Waals surface area contributed by atoms with Crippen LogP contribution in [0.2, 0.25) is 0 Å². The van der Waals surface area contributed by atoms with Gasteiger partial charge < -0.3 is 14.5 Å². The third-order valence-electron chi connectivity index (χ3n) is 4.79. The van der Waals surface area contributed by atoms with Gasteiger partial charge in [0.05, 0.1) is 30.9 Å². The van der Waals surface area contributed by atoms with E-state index in [2.05, 4.69) is 5.32 Å². The Kier molecular flexibility index (Phi) is 7.49. The van der Waals surface area contributed by atoms with Gasteiger partial charge in [-0.2, -0.15) is 4.31 Å². The summed E-state index contributed by atoms with van der Waals surface area (Å²) in [5.41, 5.74) is 0.788. The second-order valence-corrected chi connectivity index (χ2v) is 8.79. The van der Waals surface area contributed by atoms with Crippen LogP contribution in [0.15, 0.2) is 82.3 Å². The molecule has 3 rings (SSSR count). The van der Waals surface area contributed by atoms with Crippen LogP contribution in [0, 0.1) is 0 Å². The number of ether oxygens (including phenoxy) is 1. The number of nitrogens with zero attached hydrogens (tertiary/aromatic N) is 1. The van der Waals surface area contributed by atoms with Crippen LogP contribution in [0.25, 0.3) is 0 Å². The van der Waals surface area contributed by atoms with Gasteiger partial charge in [-0.25, -0.2) is 8.42 Å². The Morgan fingerprint density at radius 1 is 1.06 bits per heavy atom. The van der Waals surface area contributed by atoms with E-state index in [1.807, 2.05) is 37.3 Å². The van der Waals surface area contributed by atoms with E-state index < -0.39 is 22.0 Å². The van der Waals surface area contributed by atoms with Crippen molar-refractivity contribution < 1.29 is 22.4 Å². The highest BCUT2D eigenvalue weighted by molar-refractivity contribution is 7.89. The summed E-state index contributed by atoms with van der Waals surface area (Å²) in [7, 11) is -3.95. The molecule has 1 amide bonds. The first-order valence-corrected chi connectivity index (χ1v) is 11.4. The molecule has 0 fully saturated rings. The van der Waals surface area contributed by atoms with Gasteiger partial charge in [-0.15, -0.1) is 0 Å². The Morgan fingerprint density at radius 2 is 1.77 bits per heavy atom. The molecule has 0 aliphatic carbocycles. The van der Waals surface area contributed by atoms with E-state index in [4.69, 9.17) is 9.15 Å². The summed E-state index contributed by atoms with van der Waals surface area (Å²) in [4.78, 5) is 12.7. The van der Waals surface area contributed by atoms with E-state index >= 15 is 0 Å². The lowest BCUT2D eigenvalue weighted by Gasteiger charge is -2.28. The standard InChI is InChI=1S/C23H26N2O5S/c1-3-29-20-11-13-22(14-12-20)31(27,28)25(18(2)19-8-5-4-6-9-19)17-23(26)24-16-21-10-7-15-30-21/h4-15,18H,3,16-17H2,1-2H3,(H,24,26). The number of amides is 1. The van der Waals surface area contributed by atoms with Gasteiger partial charge in [-0.3, -0.25) is 4.79 Å². The Hall–Kier alpha value is -3.10. The molecule has 3 aromatic rings. The quantitative estimate of drug-likeness (QED) is 0.517. The fraction of sp³-hybridized carbons (Fsp3) is 0.261. The first-order chi connectivity index (χ1) is 14.9. The summed E-state index contributed by atoms with van der Waals surface area (Å²) < 4.78 is 38.8. The highest BCUT2D eigenvalue weighted by Crippen LogP contribution is 2.28. The minimum atomic E-state index is -3.95. The zero-order valence-electron chi connectivity index (χ0n) is 17.5. The average molecular weight is 443 g/mol. The summed E-state index contributed by atoms with van der Waals surface area (Å²) in [6.07, 6.45) is 1.52. The lowest BCUT2D eigenvalue weighted by Crippen LogP contribution is -2.41. The van der Waals surface area contributed by atoms with Crippen LogP contribution < -0.4 is 10.1 Å². The Bertz CT molecular complexity index is 1060. The number of nitrogens with one attached hydrogen (secondary N) is 1. The first-order valence-electron chi connectivity index (χ1n) is 10.0. The van der Waals surface area contributed by atoms with E-state index in [1.54, 1.807) is 31.2 Å². The number of benzene rings is 2. The number of rotatable bonds is 10. The summed E-state index contributed by atoms with van der Waals surface area (Å²) >= 11 is 0. The van der Waals surface area contributed by atoms with E-state index in [1.165, 1.54) is 22.7 Å². The minimum Gasteiger partial charge on any atom is -0.494 e. The van der Waals surface area contributed by atoms with Crippen LogP contribution in [-0.2, 0) is 21.4 Å². The molecule has 0 aliphatic heterocycles. The van der Waals surface area contributed by atoms with Crippen LogP contribution in [0.5, 0.6) is 5.75 Å². The van der Waals surface area contributed by atoms with Crippen molar-refractivity contribution in [2.45, 2.75) is 31.3 Å². The predicted octanol–water partition coefficient (Wildman–Crippen LogP) is 3.75. The van der Waals surface area contributed by atoms with Crippen molar-refractivity contribution in [3.05, 3.63) is 84.3 Å². The zero-order valence-corrected chi connectivity index (χ0v) is 18.3. The second-order valence-electron chi connectivity index (χ2n) is 6.90. The molecule has 1 heterocycles. The number of carbonyl (C=O) groups is 1. The molecule has 0 bridgehead atoms. The highest BCUT2D eigenvalue weighted by Gasteiger charge is 2.32. The van der Waals surface area contributed by atoms with Gasteiger partial charge in [-0.1, -0.05) is 30.3 Å². The van der Waals surface area contributed by atoms with Gasteiger partial charge in [0.15, 0.2) is 0 Å². The third-order valence-corrected chi connectivity index (χ3v) is 6.73. The molecule has 31 heavy (non-hydrogen) atoms. The van der Waals surface area contributed by atoms with E-state index in [9.17, 15) is 13.2 Å². The normalized spacial score (nSPS) is 12.5. The van der Waals surface area contributed by atoms with Gasteiger partial charge in [0.2, 0.25) is 15.9 Å². The molecule has 1 aromatic heterocycles. The number of sulfonamides is 1. The van der Waals surface area contributed by atoms with Gasteiger partial charge >= 0.3 is 0 Å². The molecule has 1 N–H and O–H groups in total. The van der Waals surface area contributed by atoms with E-state index in [-0.39, 0.29) is 18.0 Å². The van der Waals surface area contributed by atoms with Crippen LogP contribution in [-0.4, -0.2) is 31.8 Å². The number of hydrogen-bond donors (Lipinski definition) is 1. The third kappa shape index (κ3) is 5.74. The minimum absolute atomic E-state index is 0.0950. The van der Waals surface area contributed by atoms with Crippen LogP contribution in [0.4, 0.5) is 0 Å². The molecule has 8 heteroatoms. The number of hydrogen-bond acceptors (Lipinski definition) is 5. The molecule has 0 saturated heterocycles. The fourth-order valence-electron chi connectivity index (χ4n) is 3.13. The van der Waals surface area contributed by atoms with Gasteiger partial charge in [0, 0.05) is 6.04 Å². The molecule has 7 nitrogen and oxygen atoms in total. The molecular weight excluding hydrogens is 416 g/mol. The molecule has 0 saturated carbocycles. The lowest BCUT2D eigenvalue weighted by molar-refractivity contribution is -0.121. The van der Waals surface area contributed by atoms with Crippen molar-refractivity contribution in [1.82, 2.24) is 9.62 Å². The number of carbonyl (C=O) groups excluding carboxylic acids is 1. The second kappa shape index (κ2) is 10.3. The number of furan rings is 1. The maximum atomic E-state index is 13.5. The average Bonchev–Trinajstić information content (AvgIpc) is 3.30. The van der Waals surface area contributed by atoms with Crippen molar-refractivity contribution in [3.63, 3.8) is 0 Å². The SMILES string of the molecule is CCOc1ccc(S(=O)(=O)N(CC(=O)NCc2ccco2)C(C)c2ccccc2)cc1. The lowest BCUT2D eigenvalue weighted by atomic mass is 10.1. The Morgan fingerprint density at radius 3 is 2.39 bits per heavy atom. The maximum Gasteiger partial charge on any atom is 0.244 e. The van der Waals surface area contributed by atoms with Crippen molar-refractivity contribution >= 4 is 15.9 Å². The monoisotopic (exact) mass is 442 g/mol. The zero-order chi connectivity index (χ0) is 22.3. The summed E-state index contributed by atoms with van der Waals surface area (Å²) in [6.45, 7) is 3.96.